The molecule has 2 atom stereocenters. The first-order chi connectivity index (χ1) is 13.4. The minimum Gasteiger partial charge on any atom is -0.372 e. The van der Waals surface area contributed by atoms with Gasteiger partial charge in [0.15, 0.2) is 13.1 Å². The van der Waals surface area contributed by atoms with Crippen molar-refractivity contribution >= 4 is 29.1 Å². The number of morpholine rings is 1. The fourth-order valence-electron chi connectivity index (χ4n) is 4.00. The number of rotatable bonds is 5. The lowest BCUT2D eigenvalue weighted by atomic mass is 10.2. The van der Waals surface area contributed by atoms with Gasteiger partial charge < -0.3 is 24.8 Å². The molecule has 7 nitrogen and oxygen atoms in total. The van der Waals surface area contributed by atoms with E-state index in [2.05, 4.69) is 5.32 Å². The molecule has 0 aliphatic carbocycles. The number of carbonyl (C=O) groups excluding carboxylic acids is 2. The molecule has 2 amide bonds. The number of nitrogens with zero attached hydrogens (tertiary/aromatic N) is 1. The molecule has 2 aliphatic heterocycles. The second-order valence-electron chi connectivity index (χ2n) is 7.94. The maximum atomic E-state index is 12.6. The predicted molar refractivity (Wildman–Crippen MR) is 108 cm³/mol. The third kappa shape index (κ3) is 5.91. The number of nitrogens with one attached hydrogen (secondary N) is 3. The summed E-state index contributed by atoms with van der Waals surface area (Å²) in [6, 6.07) is 7.25. The zero-order valence-electron chi connectivity index (χ0n) is 16.7. The first-order valence-corrected chi connectivity index (χ1v) is 10.4. The average Bonchev–Trinajstić information content (AvgIpc) is 2.64. The van der Waals surface area contributed by atoms with Crippen molar-refractivity contribution in [2.45, 2.75) is 26.1 Å². The molecule has 2 heterocycles. The standard InChI is InChI=1S/C20H29ClN4O3/c1-15-11-25(12-16(2)28-15)20(27)14-24-9-7-23(8-10-24)13-19(26)22-18-6-4-3-5-17(18)21/h3-6,15-16H,7-14H2,1-2H3,(H,22,26)/p+2/t15-,16-/m0/s1. The van der Waals surface area contributed by atoms with Crippen molar-refractivity contribution in [3.05, 3.63) is 29.3 Å². The van der Waals surface area contributed by atoms with Crippen LogP contribution in [0.25, 0.3) is 0 Å². The van der Waals surface area contributed by atoms with Crippen LogP contribution in [0, 0.1) is 0 Å². The Labute approximate surface area is 171 Å². The van der Waals surface area contributed by atoms with Crippen LogP contribution in [0.5, 0.6) is 0 Å². The lowest BCUT2D eigenvalue weighted by molar-refractivity contribution is -1.00. The normalized spacial score (nSPS) is 28.0. The van der Waals surface area contributed by atoms with Gasteiger partial charge in [-0.05, 0) is 26.0 Å². The SMILES string of the molecule is C[C@H]1CN(C(=O)C[NH+]2CC[NH+](CC(=O)Nc3ccccc3Cl)CC2)C[C@H](C)O1. The van der Waals surface area contributed by atoms with Gasteiger partial charge in [-0.3, -0.25) is 9.59 Å². The van der Waals surface area contributed by atoms with E-state index in [4.69, 9.17) is 16.3 Å². The van der Waals surface area contributed by atoms with Gasteiger partial charge in [0.25, 0.3) is 11.8 Å². The second kappa shape index (κ2) is 9.69. The summed E-state index contributed by atoms with van der Waals surface area (Å²) < 4.78 is 5.71. The van der Waals surface area contributed by atoms with Crippen LogP contribution in [0.3, 0.4) is 0 Å². The number of quaternary nitrogens is 2. The van der Waals surface area contributed by atoms with Gasteiger partial charge in [-0.1, -0.05) is 23.7 Å². The van der Waals surface area contributed by atoms with Crippen molar-refractivity contribution in [3.63, 3.8) is 0 Å². The molecule has 1 aromatic rings. The van der Waals surface area contributed by atoms with E-state index in [1.165, 1.54) is 9.80 Å². The zero-order chi connectivity index (χ0) is 20.1. The summed E-state index contributed by atoms with van der Waals surface area (Å²) in [6.45, 7) is 9.89. The number of halogens is 1. The quantitative estimate of drug-likeness (QED) is 0.565. The Morgan fingerprint density at radius 3 is 2.25 bits per heavy atom. The van der Waals surface area contributed by atoms with Crippen LogP contribution < -0.4 is 15.1 Å². The van der Waals surface area contributed by atoms with Gasteiger partial charge in [0.1, 0.15) is 26.2 Å². The third-order valence-corrected chi connectivity index (χ3v) is 5.73. The molecule has 2 aliphatic rings. The summed E-state index contributed by atoms with van der Waals surface area (Å²) in [5.74, 6) is 0.177. The molecule has 8 heteroatoms. The van der Waals surface area contributed by atoms with Gasteiger partial charge in [-0.2, -0.15) is 0 Å². The third-order valence-electron chi connectivity index (χ3n) is 5.40. The number of piperazine rings is 1. The molecule has 0 aromatic heterocycles. The van der Waals surface area contributed by atoms with Gasteiger partial charge in [-0.25, -0.2) is 0 Å². The number of amides is 2. The molecule has 154 valence electrons. The summed E-state index contributed by atoms with van der Waals surface area (Å²) in [5, 5.41) is 3.43. The van der Waals surface area contributed by atoms with Crippen LogP contribution in [-0.4, -0.2) is 81.3 Å². The van der Waals surface area contributed by atoms with Crippen molar-refractivity contribution in [3.8, 4) is 0 Å². The summed E-state index contributed by atoms with van der Waals surface area (Å²) in [5.41, 5.74) is 0.650. The zero-order valence-corrected chi connectivity index (χ0v) is 17.4. The molecule has 0 spiro atoms. The van der Waals surface area contributed by atoms with Crippen LogP contribution in [-0.2, 0) is 14.3 Å². The van der Waals surface area contributed by atoms with Crippen LogP contribution in [0.4, 0.5) is 5.69 Å². The number of benzene rings is 1. The molecular weight excluding hydrogens is 380 g/mol. The number of anilines is 1. The molecule has 0 saturated carbocycles. The molecule has 3 N–H and O–H groups in total. The fourth-order valence-corrected chi connectivity index (χ4v) is 4.18. The topological polar surface area (TPSA) is 67.5 Å². The highest BCUT2D eigenvalue weighted by atomic mass is 35.5. The first-order valence-electron chi connectivity index (χ1n) is 10.1. The van der Waals surface area contributed by atoms with Crippen LogP contribution in [0.2, 0.25) is 5.02 Å². The molecule has 2 saturated heterocycles. The van der Waals surface area contributed by atoms with E-state index < -0.39 is 0 Å². The Kier molecular flexibility index (Phi) is 7.29. The monoisotopic (exact) mass is 410 g/mol. The van der Waals surface area contributed by atoms with E-state index in [1.54, 1.807) is 12.1 Å². The Morgan fingerprint density at radius 1 is 1.07 bits per heavy atom. The number of ether oxygens (including phenoxy) is 1. The molecule has 2 fully saturated rings. The highest BCUT2D eigenvalue weighted by Gasteiger charge is 2.31. The van der Waals surface area contributed by atoms with Gasteiger partial charge >= 0.3 is 0 Å². The summed E-state index contributed by atoms with van der Waals surface area (Å²) in [4.78, 5) is 29.4. The molecular formula is C20H31ClN4O3+2. The number of carbonyl (C=O) groups is 2. The van der Waals surface area contributed by atoms with Crippen molar-refractivity contribution in [2.24, 2.45) is 0 Å². The van der Waals surface area contributed by atoms with Crippen molar-refractivity contribution < 1.29 is 24.1 Å². The van der Waals surface area contributed by atoms with Crippen LogP contribution in [0.1, 0.15) is 13.8 Å². The molecule has 0 bridgehead atoms. The number of hydrogen-bond donors (Lipinski definition) is 3. The Bertz CT molecular complexity index is 684. The fraction of sp³-hybridized carbons (Fsp3) is 0.600. The average molecular weight is 411 g/mol. The Hall–Kier alpha value is -1.67. The molecule has 0 unspecified atom stereocenters. The van der Waals surface area contributed by atoms with Crippen molar-refractivity contribution in [2.75, 3.05) is 57.7 Å². The number of para-hydroxylation sites is 1. The number of hydrogen-bond acceptors (Lipinski definition) is 3. The van der Waals surface area contributed by atoms with Gasteiger partial charge in [0.2, 0.25) is 0 Å². The highest BCUT2D eigenvalue weighted by Crippen LogP contribution is 2.19. The summed E-state index contributed by atoms with van der Waals surface area (Å²) in [6.07, 6.45) is 0.196. The summed E-state index contributed by atoms with van der Waals surface area (Å²) in [7, 11) is 0. The minimum absolute atomic E-state index is 0.0288. The van der Waals surface area contributed by atoms with Gasteiger partial charge in [0, 0.05) is 13.1 Å². The predicted octanol–water partition coefficient (Wildman–Crippen LogP) is -1.30. The molecule has 1 aromatic carbocycles. The summed E-state index contributed by atoms with van der Waals surface area (Å²) >= 11 is 6.09. The van der Waals surface area contributed by atoms with E-state index in [-0.39, 0.29) is 24.0 Å². The van der Waals surface area contributed by atoms with E-state index >= 15 is 0 Å². The van der Waals surface area contributed by atoms with Crippen molar-refractivity contribution in [1.82, 2.24) is 4.90 Å². The Balaban J connectivity index is 1.40. The van der Waals surface area contributed by atoms with E-state index in [1.807, 2.05) is 30.9 Å². The minimum atomic E-state index is -0.0288. The van der Waals surface area contributed by atoms with E-state index in [9.17, 15) is 9.59 Å². The Morgan fingerprint density at radius 2 is 1.64 bits per heavy atom. The van der Waals surface area contributed by atoms with Gasteiger partial charge in [0.05, 0.1) is 22.9 Å². The lowest BCUT2D eigenvalue weighted by Crippen LogP contribution is -3.28. The molecule has 0 radical (unpaired) electrons. The second-order valence-corrected chi connectivity index (χ2v) is 8.34. The molecule has 3 rings (SSSR count). The lowest BCUT2D eigenvalue weighted by Gasteiger charge is -2.36. The van der Waals surface area contributed by atoms with Crippen LogP contribution in [0.15, 0.2) is 24.3 Å². The smallest absolute Gasteiger partial charge is 0.279 e. The van der Waals surface area contributed by atoms with Crippen molar-refractivity contribution in [1.29, 1.82) is 0 Å². The maximum absolute atomic E-state index is 12.6. The van der Waals surface area contributed by atoms with Crippen LogP contribution >= 0.6 is 11.6 Å². The van der Waals surface area contributed by atoms with Gasteiger partial charge in [-0.15, -0.1) is 0 Å². The highest BCUT2D eigenvalue weighted by molar-refractivity contribution is 6.33. The molecule has 28 heavy (non-hydrogen) atoms. The maximum Gasteiger partial charge on any atom is 0.279 e. The largest absolute Gasteiger partial charge is 0.372 e. The van der Waals surface area contributed by atoms with E-state index in [0.29, 0.717) is 36.9 Å². The first kappa shape index (κ1) is 21.0. The van der Waals surface area contributed by atoms with E-state index in [0.717, 1.165) is 26.2 Å².